The first-order valence-corrected chi connectivity index (χ1v) is 14.4. The number of hydrogen-bond donors (Lipinski definition) is 1. The molecule has 220 valence electrons. The fraction of sp³-hybridized carbons (Fsp3) is 0.375. The van der Waals surface area contributed by atoms with Crippen LogP contribution in [0.5, 0.6) is 0 Å². The molecule has 0 saturated carbocycles. The van der Waals surface area contributed by atoms with Gasteiger partial charge in [-0.25, -0.2) is 4.79 Å². The highest BCUT2D eigenvalue weighted by atomic mass is 16.7. The van der Waals surface area contributed by atoms with Gasteiger partial charge in [-0.2, -0.15) is 5.06 Å². The molecule has 0 spiro atoms. The van der Waals surface area contributed by atoms with Crippen molar-refractivity contribution in [1.82, 2.24) is 14.9 Å². The average Bonchev–Trinajstić information content (AvgIpc) is 3.00. The number of piperazine rings is 1. The van der Waals surface area contributed by atoms with E-state index in [9.17, 15) is 19.2 Å². The van der Waals surface area contributed by atoms with E-state index in [1.807, 2.05) is 79.7 Å². The number of nitrogens with zero attached hydrogens (tertiary/aromatic N) is 3. The lowest BCUT2D eigenvalue weighted by atomic mass is 9.98. The van der Waals surface area contributed by atoms with E-state index in [0.717, 1.165) is 33.4 Å². The Morgan fingerprint density at radius 2 is 1.71 bits per heavy atom. The van der Waals surface area contributed by atoms with E-state index in [-0.39, 0.29) is 44.4 Å². The second kappa shape index (κ2) is 13.0. The lowest BCUT2D eigenvalue weighted by molar-refractivity contribution is -0.267. The molecular weight excluding hydrogens is 536 g/mol. The third-order valence-electron chi connectivity index (χ3n) is 7.81. The molecule has 2 N–H and O–H groups in total. The van der Waals surface area contributed by atoms with Crippen LogP contribution in [0.4, 0.5) is 4.79 Å². The Labute approximate surface area is 244 Å². The molecule has 4 amide bonds. The minimum atomic E-state index is -1.03. The molecule has 10 heteroatoms. The summed E-state index contributed by atoms with van der Waals surface area (Å²) in [4.78, 5) is 61.9. The number of hydroxylamine groups is 2. The van der Waals surface area contributed by atoms with E-state index in [2.05, 4.69) is 0 Å². The van der Waals surface area contributed by atoms with Crippen molar-refractivity contribution < 1.29 is 28.8 Å². The molecule has 1 unspecified atom stereocenters. The molecule has 3 aromatic carbocycles. The van der Waals surface area contributed by atoms with Crippen molar-refractivity contribution in [2.45, 2.75) is 63.9 Å². The zero-order chi connectivity index (χ0) is 29.6. The number of nitrogens with two attached hydrogens (primary N) is 1. The van der Waals surface area contributed by atoms with E-state index in [0.29, 0.717) is 12.8 Å². The second-order valence-electron chi connectivity index (χ2n) is 10.7. The summed E-state index contributed by atoms with van der Waals surface area (Å²) in [6, 6.07) is 22.2. The summed E-state index contributed by atoms with van der Waals surface area (Å²) in [7, 11) is 0. The molecule has 0 aliphatic carbocycles. The Balaban J connectivity index is 1.45. The quantitative estimate of drug-likeness (QED) is 0.395. The summed E-state index contributed by atoms with van der Waals surface area (Å²) in [5.41, 5.74) is 7.06. The predicted octanol–water partition coefficient (Wildman–Crippen LogP) is 3.77. The highest BCUT2D eigenvalue weighted by Gasteiger charge is 2.53. The molecule has 2 heterocycles. The molecule has 2 aliphatic heterocycles. The molecule has 3 aromatic rings. The van der Waals surface area contributed by atoms with Crippen LogP contribution in [0, 0.1) is 0 Å². The number of fused-ring (bicyclic) bond motifs is 2. The molecule has 2 saturated heterocycles. The van der Waals surface area contributed by atoms with Crippen molar-refractivity contribution in [1.29, 1.82) is 0 Å². The number of unbranched alkanes of at least 4 members (excludes halogenated alkanes) is 1. The maximum atomic E-state index is 13.9. The number of amides is 4. The molecule has 42 heavy (non-hydrogen) atoms. The van der Waals surface area contributed by atoms with Crippen LogP contribution in [0.3, 0.4) is 0 Å². The third-order valence-corrected chi connectivity index (χ3v) is 7.81. The normalized spacial score (nSPS) is 20.5. The van der Waals surface area contributed by atoms with E-state index in [1.165, 1.54) is 9.80 Å². The smallest absolute Gasteiger partial charge is 0.436 e. The van der Waals surface area contributed by atoms with Crippen LogP contribution < -0.4 is 5.73 Å². The fourth-order valence-electron chi connectivity index (χ4n) is 5.66. The maximum absolute atomic E-state index is 13.9. The van der Waals surface area contributed by atoms with Gasteiger partial charge in [0.05, 0.1) is 6.54 Å². The van der Waals surface area contributed by atoms with Crippen LogP contribution in [0.25, 0.3) is 10.8 Å². The zero-order valence-corrected chi connectivity index (χ0v) is 23.7. The van der Waals surface area contributed by atoms with Gasteiger partial charge in [0.2, 0.25) is 11.8 Å². The Kier molecular flexibility index (Phi) is 9.02. The number of benzene rings is 3. The van der Waals surface area contributed by atoms with Gasteiger partial charge >= 0.3 is 6.09 Å². The number of ether oxygens (including phenoxy) is 1. The standard InChI is InChI=1S/C32H36N4O6/c1-2-3-16-26-30(38)34(18-17-28(33)37)20-29-35(26)31(39)27(19-22-10-5-4-6-11-22)42-36(29)32(40)41-21-24-14-9-13-23-12-7-8-15-25(23)24/h4-15,26-27,29H,2-3,16-21H2,1H3,(H2,33,37)/t26-,27-,29?/m0/s1. The lowest BCUT2D eigenvalue weighted by Crippen LogP contribution is -2.73. The molecule has 10 nitrogen and oxygen atoms in total. The second-order valence-corrected chi connectivity index (χ2v) is 10.7. The Hall–Kier alpha value is -4.44. The Morgan fingerprint density at radius 1 is 0.976 bits per heavy atom. The first-order valence-electron chi connectivity index (χ1n) is 14.4. The minimum absolute atomic E-state index is 0.00630. The van der Waals surface area contributed by atoms with E-state index in [1.54, 1.807) is 0 Å². The van der Waals surface area contributed by atoms with E-state index < -0.39 is 30.3 Å². The highest BCUT2D eigenvalue weighted by molar-refractivity contribution is 5.92. The van der Waals surface area contributed by atoms with Crippen molar-refractivity contribution in [3.05, 3.63) is 83.9 Å². The molecule has 3 atom stereocenters. The van der Waals surface area contributed by atoms with Gasteiger partial charge in [-0.3, -0.25) is 19.2 Å². The summed E-state index contributed by atoms with van der Waals surface area (Å²) in [6.45, 7) is 2.06. The van der Waals surface area contributed by atoms with Crippen LogP contribution in [-0.2, 0) is 37.0 Å². The molecule has 0 radical (unpaired) electrons. The van der Waals surface area contributed by atoms with Crippen molar-refractivity contribution >= 4 is 34.6 Å². The number of hydrogen-bond acceptors (Lipinski definition) is 6. The van der Waals surface area contributed by atoms with Gasteiger partial charge in [0.1, 0.15) is 12.6 Å². The van der Waals surface area contributed by atoms with Gasteiger partial charge in [-0.1, -0.05) is 92.6 Å². The van der Waals surface area contributed by atoms with E-state index >= 15 is 0 Å². The molecule has 2 aliphatic rings. The summed E-state index contributed by atoms with van der Waals surface area (Å²) >= 11 is 0. The SMILES string of the molecule is CCCC[C@H]1C(=O)N(CCC(N)=O)CC2N(C(=O)OCc3cccc4ccccc34)O[C@@H](Cc3ccccc3)C(=O)N21. The summed E-state index contributed by atoms with van der Waals surface area (Å²) < 4.78 is 5.78. The molecule has 0 bridgehead atoms. The molecule has 0 aromatic heterocycles. The number of carbonyl (C=O) groups is 4. The van der Waals surface area contributed by atoms with E-state index in [4.69, 9.17) is 15.3 Å². The predicted molar refractivity (Wildman–Crippen MR) is 155 cm³/mol. The Bertz CT molecular complexity index is 1440. The molecule has 2 fully saturated rings. The van der Waals surface area contributed by atoms with Gasteiger partial charge < -0.3 is 20.3 Å². The zero-order valence-electron chi connectivity index (χ0n) is 23.7. The number of carbonyl (C=O) groups excluding carboxylic acids is 4. The summed E-state index contributed by atoms with van der Waals surface area (Å²) in [5.74, 6) is -1.16. The number of primary amides is 1. The first kappa shape index (κ1) is 29.1. The van der Waals surface area contributed by atoms with Crippen molar-refractivity contribution in [3.8, 4) is 0 Å². The van der Waals surface area contributed by atoms with Crippen LogP contribution >= 0.6 is 0 Å². The molecular formula is C32H36N4O6. The average molecular weight is 573 g/mol. The minimum Gasteiger partial charge on any atom is -0.443 e. The van der Waals surface area contributed by atoms with Crippen LogP contribution in [0.15, 0.2) is 72.8 Å². The molecule has 5 rings (SSSR count). The van der Waals surface area contributed by atoms with Crippen LogP contribution in [-0.4, -0.2) is 70.1 Å². The summed E-state index contributed by atoms with van der Waals surface area (Å²) in [5, 5.41) is 3.09. The van der Waals surface area contributed by atoms with Gasteiger partial charge in [0.15, 0.2) is 12.3 Å². The van der Waals surface area contributed by atoms with Crippen LogP contribution in [0.1, 0.15) is 43.7 Å². The van der Waals surface area contributed by atoms with Gasteiger partial charge in [0, 0.05) is 19.4 Å². The first-order chi connectivity index (χ1) is 20.4. The van der Waals surface area contributed by atoms with Crippen molar-refractivity contribution in [2.24, 2.45) is 5.73 Å². The summed E-state index contributed by atoms with van der Waals surface area (Å²) in [6.07, 6.45) is -0.583. The largest absolute Gasteiger partial charge is 0.443 e. The maximum Gasteiger partial charge on any atom is 0.436 e. The third kappa shape index (κ3) is 6.23. The Morgan fingerprint density at radius 3 is 2.48 bits per heavy atom. The van der Waals surface area contributed by atoms with Gasteiger partial charge in [0.25, 0.3) is 5.91 Å². The topological polar surface area (TPSA) is 122 Å². The van der Waals surface area contributed by atoms with Crippen molar-refractivity contribution in [2.75, 3.05) is 13.1 Å². The number of rotatable bonds is 10. The van der Waals surface area contributed by atoms with Gasteiger partial charge in [-0.05, 0) is 28.3 Å². The highest BCUT2D eigenvalue weighted by Crippen LogP contribution is 2.31. The van der Waals surface area contributed by atoms with Crippen molar-refractivity contribution in [3.63, 3.8) is 0 Å². The van der Waals surface area contributed by atoms with Gasteiger partial charge in [-0.15, -0.1) is 0 Å². The monoisotopic (exact) mass is 572 g/mol. The van der Waals surface area contributed by atoms with Crippen LogP contribution in [0.2, 0.25) is 0 Å². The fourth-order valence-corrected chi connectivity index (χ4v) is 5.66. The lowest BCUT2D eigenvalue weighted by Gasteiger charge is -2.52.